The van der Waals surface area contributed by atoms with Gasteiger partial charge in [-0.3, -0.25) is 0 Å². The number of hydrogen-bond donors (Lipinski definition) is 2. The van der Waals surface area contributed by atoms with E-state index in [1.807, 2.05) is 6.92 Å². The molecule has 0 aliphatic carbocycles. The summed E-state index contributed by atoms with van der Waals surface area (Å²) in [5, 5.41) is 2.99. The van der Waals surface area contributed by atoms with Gasteiger partial charge in [-0.1, -0.05) is 0 Å². The molecule has 2 aromatic rings. The van der Waals surface area contributed by atoms with E-state index in [0.29, 0.717) is 5.95 Å². The average molecular weight is 207 g/mol. The number of H-pyrrole nitrogens is 1. The molecule has 0 spiro atoms. The van der Waals surface area contributed by atoms with E-state index in [1.165, 1.54) is 0 Å². The standard InChI is InChI=1S/C9H10FN5/c1-6(8-11-2-3-12-8)15-9-13-4-7(10)5-14-9/h2-6H,1H3,(H,11,12)(H,13,14,15). The molecule has 2 heterocycles. The molecule has 0 aromatic carbocycles. The van der Waals surface area contributed by atoms with Crippen LogP contribution in [0.3, 0.4) is 0 Å². The van der Waals surface area contributed by atoms with Gasteiger partial charge in [0, 0.05) is 12.4 Å². The van der Waals surface area contributed by atoms with Gasteiger partial charge in [-0.15, -0.1) is 0 Å². The molecule has 15 heavy (non-hydrogen) atoms. The summed E-state index contributed by atoms with van der Waals surface area (Å²) in [7, 11) is 0. The lowest BCUT2D eigenvalue weighted by molar-refractivity contribution is 0.613. The van der Waals surface area contributed by atoms with Crippen molar-refractivity contribution in [2.45, 2.75) is 13.0 Å². The summed E-state index contributed by atoms with van der Waals surface area (Å²) >= 11 is 0. The van der Waals surface area contributed by atoms with Crippen LogP contribution in [0.1, 0.15) is 18.8 Å². The van der Waals surface area contributed by atoms with Gasteiger partial charge >= 0.3 is 0 Å². The summed E-state index contributed by atoms with van der Waals surface area (Å²) in [6, 6.07) is -0.0505. The quantitative estimate of drug-likeness (QED) is 0.800. The monoisotopic (exact) mass is 207 g/mol. The van der Waals surface area contributed by atoms with Crippen LogP contribution >= 0.6 is 0 Å². The Bertz CT molecular complexity index is 411. The number of halogens is 1. The maximum atomic E-state index is 12.5. The van der Waals surface area contributed by atoms with Crippen LogP contribution in [0.4, 0.5) is 10.3 Å². The van der Waals surface area contributed by atoms with E-state index in [0.717, 1.165) is 18.2 Å². The number of aromatic amines is 1. The molecule has 0 saturated heterocycles. The maximum absolute atomic E-state index is 12.5. The Kier molecular flexibility index (Phi) is 2.57. The fourth-order valence-corrected chi connectivity index (χ4v) is 1.16. The van der Waals surface area contributed by atoms with Crippen LogP contribution in [0.5, 0.6) is 0 Å². The van der Waals surface area contributed by atoms with Crippen molar-refractivity contribution in [1.82, 2.24) is 19.9 Å². The largest absolute Gasteiger partial charge is 0.347 e. The zero-order valence-electron chi connectivity index (χ0n) is 8.11. The van der Waals surface area contributed by atoms with E-state index in [2.05, 4.69) is 25.3 Å². The number of hydrogen-bond acceptors (Lipinski definition) is 4. The number of nitrogens with zero attached hydrogens (tertiary/aromatic N) is 3. The molecule has 0 aliphatic rings. The van der Waals surface area contributed by atoms with Crippen LogP contribution in [0.25, 0.3) is 0 Å². The number of anilines is 1. The van der Waals surface area contributed by atoms with Crippen molar-refractivity contribution >= 4 is 5.95 Å². The van der Waals surface area contributed by atoms with Crippen molar-refractivity contribution in [1.29, 1.82) is 0 Å². The molecule has 5 nitrogen and oxygen atoms in total. The van der Waals surface area contributed by atoms with Crippen molar-refractivity contribution in [3.8, 4) is 0 Å². The Labute approximate surface area is 85.8 Å². The molecule has 78 valence electrons. The normalized spacial score (nSPS) is 12.4. The van der Waals surface area contributed by atoms with Crippen LogP contribution in [-0.2, 0) is 0 Å². The highest BCUT2D eigenvalue weighted by Gasteiger charge is 2.08. The Balaban J connectivity index is 2.06. The maximum Gasteiger partial charge on any atom is 0.223 e. The summed E-state index contributed by atoms with van der Waals surface area (Å²) < 4.78 is 12.5. The summed E-state index contributed by atoms with van der Waals surface area (Å²) in [6.45, 7) is 1.91. The van der Waals surface area contributed by atoms with Gasteiger partial charge < -0.3 is 10.3 Å². The topological polar surface area (TPSA) is 66.5 Å². The fourth-order valence-electron chi connectivity index (χ4n) is 1.16. The van der Waals surface area contributed by atoms with Crippen molar-refractivity contribution < 1.29 is 4.39 Å². The van der Waals surface area contributed by atoms with Crippen molar-refractivity contribution in [3.05, 3.63) is 36.4 Å². The first-order chi connectivity index (χ1) is 7.25. The second-order valence-electron chi connectivity index (χ2n) is 3.07. The minimum absolute atomic E-state index is 0.0505. The highest BCUT2D eigenvalue weighted by atomic mass is 19.1. The van der Waals surface area contributed by atoms with E-state index in [9.17, 15) is 4.39 Å². The molecule has 1 unspecified atom stereocenters. The summed E-state index contributed by atoms with van der Waals surface area (Å²) in [4.78, 5) is 14.6. The number of nitrogens with one attached hydrogen (secondary N) is 2. The highest BCUT2D eigenvalue weighted by Crippen LogP contribution is 2.11. The van der Waals surface area contributed by atoms with Crippen LogP contribution in [-0.4, -0.2) is 19.9 Å². The first-order valence-electron chi connectivity index (χ1n) is 4.49. The van der Waals surface area contributed by atoms with E-state index in [-0.39, 0.29) is 6.04 Å². The molecule has 0 bridgehead atoms. The van der Waals surface area contributed by atoms with E-state index >= 15 is 0 Å². The van der Waals surface area contributed by atoms with Crippen molar-refractivity contribution in [3.63, 3.8) is 0 Å². The van der Waals surface area contributed by atoms with E-state index in [4.69, 9.17) is 0 Å². The minimum Gasteiger partial charge on any atom is -0.347 e. The van der Waals surface area contributed by atoms with Gasteiger partial charge in [0.15, 0.2) is 5.82 Å². The number of rotatable bonds is 3. The first-order valence-corrected chi connectivity index (χ1v) is 4.49. The third kappa shape index (κ3) is 2.28. The molecule has 2 aromatic heterocycles. The molecular weight excluding hydrogens is 197 g/mol. The molecule has 6 heteroatoms. The van der Waals surface area contributed by atoms with Gasteiger partial charge in [0.25, 0.3) is 0 Å². The SMILES string of the molecule is CC(Nc1ncc(F)cn1)c1ncc[nH]1. The smallest absolute Gasteiger partial charge is 0.223 e. The third-order valence-corrected chi connectivity index (χ3v) is 1.90. The van der Waals surface area contributed by atoms with Gasteiger partial charge in [0.1, 0.15) is 5.82 Å². The molecule has 2 rings (SSSR count). The zero-order chi connectivity index (χ0) is 10.7. The van der Waals surface area contributed by atoms with Crippen LogP contribution < -0.4 is 5.32 Å². The molecular formula is C9H10FN5. The van der Waals surface area contributed by atoms with E-state index in [1.54, 1.807) is 12.4 Å². The highest BCUT2D eigenvalue weighted by molar-refractivity contribution is 5.25. The molecule has 1 atom stereocenters. The van der Waals surface area contributed by atoms with Gasteiger partial charge in [-0.2, -0.15) is 0 Å². The van der Waals surface area contributed by atoms with Crippen LogP contribution in [0.15, 0.2) is 24.8 Å². The lowest BCUT2D eigenvalue weighted by Crippen LogP contribution is -2.10. The first kappa shape index (κ1) is 9.57. The lowest BCUT2D eigenvalue weighted by Gasteiger charge is -2.10. The van der Waals surface area contributed by atoms with Gasteiger partial charge in [0.2, 0.25) is 5.95 Å². The second-order valence-corrected chi connectivity index (χ2v) is 3.07. The molecule has 2 N–H and O–H groups in total. The van der Waals surface area contributed by atoms with Crippen molar-refractivity contribution in [2.24, 2.45) is 0 Å². The van der Waals surface area contributed by atoms with Gasteiger partial charge in [-0.05, 0) is 6.92 Å². The number of imidazole rings is 1. The lowest BCUT2D eigenvalue weighted by atomic mass is 10.3. The fraction of sp³-hybridized carbons (Fsp3) is 0.222. The minimum atomic E-state index is -0.453. The molecule has 0 saturated carbocycles. The van der Waals surface area contributed by atoms with Gasteiger partial charge in [-0.25, -0.2) is 19.3 Å². The third-order valence-electron chi connectivity index (χ3n) is 1.90. The van der Waals surface area contributed by atoms with E-state index < -0.39 is 5.82 Å². The molecule has 0 aliphatic heterocycles. The summed E-state index contributed by atoms with van der Waals surface area (Å²) in [6.07, 6.45) is 5.63. The predicted molar refractivity (Wildman–Crippen MR) is 52.6 cm³/mol. The Hall–Kier alpha value is -1.98. The zero-order valence-corrected chi connectivity index (χ0v) is 8.11. The average Bonchev–Trinajstić information content (AvgIpc) is 2.74. The summed E-state index contributed by atoms with van der Waals surface area (Å²) in [5.41, 5.74) is 0. The van der Waals surface area contributed by atoms with Gasteiger partial charge in [0.05, 0.1) is 18.4 Å². The molecule has 0 fully saturated rings. The van der Waals surface area contributed by atoms with Crippen molar-refractivity contribution in [2.75, 3.05) is 5.32 Å². The molecule has 0 amide bonds. The second kappa shape index (κ2) is 4.04. The number of aromatic nitrogens is 4. The predicted octanol–water partition coefficient (Wildman–Crippen LogP) is 1.51. The summed E-state index contributed by atoms with van der Waals surface area (Å²) in [5.74, 6) is 0.703. The Morgan fingerprint density at radius 1 is 1.33 bits per heavy atom. The Morgan fingerprint density at radius 3 is 2.67 bits per heavy atom. The van der Waals surface area contributed by atoms with Crippen LogP contribution in [0.2, 0.25) is 0 Å². The van der Waals surface area contributed by atoms with Crippen LogP contribution in [0, 0.1) is 5.82 Å². The molecule has 0 radical (unpaired) electrons. The Morgan fingerprint density at radius 2 is 2.07 bits per heavy atom.